The molecule has 0 fully saturated rings. The van der Waals surface area contributed by atoms with Crippen LogP contribution in [0.1, 0.15) is 20.8 Å². The maximum absolute atomic E-state index is 10.4. The number of esters is 1. The van der Waals surface area contributed by atoms with E-state index in [1.165, 1.54) is 13.8 Å². The highest BCUT2D eigenvalue weighted by molar-refractivity contribution is 5.81. The molecule has 0 bridgehead atoms. The number of aliphatic hydroxyl groups is 3. The molecule has 0 aliphatic rings. The van der Waals surface area contributed by atoms with E-state index in [9.17, 15) is 14.4 Å². The van der Waals surface area contributed by atoms with Crippen LogP contribution in [-0.2, 0) is 19.1 Å². The largest absolute Gasteiger partial charge is 0.480 e. The Hall–Kier alpha value is -1.59. The summed E-state index contributed by atoms with van der Waals surface area (Å²) >= 11 is 0. The first-order valence-corrected chi connectivity index (χ1v) is 5.91. The highest BCUT2D eigenvalue weighted by Gasteiger charge is 2.19. The minimum atomic E-state index is -1.18. The minimum absolute atomic E-state index is 0.0232. The van der Waals surface area contributed by atoms with E-state index in [4.69, 9.17) is 31.9 Å². The number of carbonyl (C=O) groups excluding carboxylic acids is 2. The second-order valence-corrected chi connectivity index (χ2v) is 3.72. The molecule has 0 aromatic carbocycles. The summed E-state index contributed by atoms with van der Waals surface area (Å²) in [7, 11) is 0. The molecule has 0 aliphatic carbocycles. The van der Waals surface area contributed by atoms with Gasteiger partial charge in [0.1, 0.15) is 12.1 Å². The van der Waals surface area contributed by atoms with Gasteiger partial charge in [0.25, 0.3) is 0 Å². The molecular weight excluding hydrogens is 288 g/mol. The number of hydrogen-bond donors (Lipinski definition) is 6. The van der Waals surface area contributed by atoms with Gasteiger partial charge in [0.15, 0.2) is 0 Å². The molecule has 0 rings (SSSR count). The van der Waals surface area contributed by atoms with Gasteiger partial charge in [-0.05, 0) is 20.8 Å². The Bertz CT molecular complexity index is 296. The molecule has 0 aromatic heterocycles. The van der Waals surface area contributed by atoms with Crippen molar-refractivity contribution in [3.63, 3.8) is 0 Å². The van der Waals surface area contributed by atoms with Crippen LogP contribution in [0.4, 0.5) is 0 Å². The van der Waals surface area contributed by atoms with Crippen LogP contribution in [0.2, 0.25) is 0 Å². The molecule has 10 nitrogen and oxygen atoms in total. The zero-order valence-corrected chi connectivity index (χ0v) is 12.2. The van der Waals surface area contributed by atoms with Crippen molar-refractivity contribution in [3.8, 4) is 0 Å². The summed E-state index contributed by atoms with van der Waals surface area (Å²) in [6.45, 7) is 4.57. The first-order chi connectivity index (χ1) is 9.56. The zero-order chi connectivity index (χ0) is 17.6. The summed E-state index contributed by atoms with van der Waals surface area (Å²) in [6.07, 6.45) is -1.99. The zero-order valence-electron chi connectivity index (χ0n) is 12.2. The molecule has 0 saturated heterocycles. The molecule has 0 saturated carbocycles. The van der Waals surface area contributed by atoms with Gasteiger partial charge in [0.2, 0.25) is 0 Å². The highest BCUT2D eigenvalue weighted by Crippen LogP contribution is 1.90. The SMILES string of the molecule is CCO.C[C@@H](O)[C@H](N)C(=O)O.C[C@@H](O)[C@H](N)C(=O)OC=O. The normalized spacial score (nSPS) is 14.9. The predicted octanol–water partition coefficient (Wildman–Crippen LogP) is -2.83. The fourth-order valence-electron chi connectivity index (χ4n) is 0.529. The summed E-state index contributed by atoms with van der Waals surface area (Å²) in [5.74, 6) is -2.11. The van der Waals surface area contributed by atoms with E-state index in [1.54, 1.807) is 6.92 Å². The number of nitrogens with two attached hydrogens (primary N) is 2. The van der Waals surface area contributed by atoms with E-state index in [2.05, 4.69) is 4.74 Å². The quantitative estimate of drug-likeness (QED) is 0.175. The molecule has 0 aliphatic heterocycles. The second kappa shape index (κ2) is 14.8. The van der Waals surface area contributed by atoms with E-state index in [1.807, 2.05) is 0 Å². The Morgan fingerprint density at radius 3 is 1.62 bits per heavy atom. The molecule has 8 N–H and O–H groups in total. The molecule has 0 amide bonds. The van der Waals surface area contributed by atoms with E-state index in [0.29, 0.717) is 0 Å². The second-order valence-electron chi connectivity index (χ2n) is 3.72. The lowest BCUT2D eigenvalue weighted by Gasteiger charge is -2.09. The molecule has 0 spiro atoms. The third-order valence-corrected chi connectivity index (χ3v) is 1.76. The van der Waals surface area contributed by atoms with Crippen molar-refractivity contribution in [2.75, 3.05) is 6.61 Å². The third kappa shape index (κ3) is 16.4. The first kappa shape index (κ1) is 24.4. The van der Waals surface area contributed by atoms with Crippen molar-refractivity contribution < 1.29 is 39.5 Å². The fourth-order valence-corrected chi connectivity index (χ4v) is 0.529. The monoisotopic (exact) mass is 312 g/mol. The standard InChI is InChI=1S/C5H9NO4.C4H9NO3.C2H6O/c1-3(8)4(6)5(9)10-2-7;1-2(6)3(5)4(7)8;1-2-3/h2-4,8H,6H2,1H3;2-3,6H,5H2,1H3,(H,7,8);3H,2H2,1H3/t3-,4+;2-,3+;/m11./s1. The van der Waals surface area contributed by atoms with Gasteiger partial charge < -0.3 is 36.6 Å². The molecular formula is C11H24N2O8. The Kier molecular flexibility index (Phi) is 17.2. The molecule has 4 atom stereocenters. The van der Waals surface area contributed by atoms with Crippen molar-refractivity contribution in [3.05, 3.63) is 0 Å². The van der Waals surface area contributed by atoms with Crippen molar-refractivity contribution in [1.29, 1.82) is 0 Å². The van der Waals surface area contributed by atoms with Crippen LogP contribution in [0.3, 0.4) is 0 Å². The Morgan fingerprint density at radius 1 is 1.14 bits per heavy atom. The highest BCUT2D eigenvalue weighted by atomic mass is 16.6. The average molecular weight is 312 g/mol. The molecule has 0 aromatic rings. The number of carbonyl (C=O) groups is 3. The van der Waals surface area contributed by atoms with Crippen LogP contribution in [0.5, 0.6) is 0 Å². The van der Waals surface area contributed by atoms with Gasteiger partial charge in [-0.25, -0.2) is 4.79 Å². The average Bonchev–Trinajstić information content (AvgIpc) is 2.38. The smallest absolute Gasteiger partial charge is 0.333 e. The van der Waals surface area contributed by atoms with E-state index in [0.717, 1.165) is 0 Å². The van der Waals surface area contributed by atoms with Crippen LogP contribution < -0.4 is 11.5 Å². The number of hydrogen-bond acceptors (Lipinski definition) is 9. The Balaban J connectivity index is -0.000000264. The molecule has 0 heterocycles. The lowest BCUT2D eigenvalue weighted by Crippen LogP contribution is -2.41. The topological polar surface area (TPSA) is 193 Å². The van der Waals surface area contributed by atoms with Crippen molar-refractivity contribution in [2.45, 2.75) is 45.1 Å². The van der Waals surface area contributed by atoms with E-state index >= 15 is 0 Å². The van der Waals surface area contributed by atoms with Crippen LogP contribution in [-0.4, -0.2) is 69.7 Å². The van der Waals surface area contributed by atoms with Gasteiger partial charge in [-0.3, -0.25) is 9.59 Å². The summed E-state index contributed by atoms with van der Waals surface area (Å²) < 4.78 is 3.86. The van der Waals surface area contributed by atoms with Crippen LogP contribution in [0.15, 0.2) is 0 Å². The van der Waals surface area contributed by atoms with Gasteiger partial charge in [0, 0.05) is 6.61 Å². The molecule has 0 radical (unpaired) electrons. The van der Waals surface area contributed by atoms with Gasteiger partial charge in [-0.2, -0.15) is 0 Å². The summed E-state index contributed by atoms with van der Waals surface area (Å²) in [5, 5.41) is 32.8. The molecule has 21 heavy (non-hydrogen) atoms. The maximum atomic E-state index is 10.4. The molecule has 10 heteroatoms. The first-order valence-electron chi connectivity index (χ1n) is 5.91. The maximum Gasteiger partial charge on any atom is 0.333 e. The summed E-state index contributed by atoms with van der Waals surface area (Å²) in [5.41, 5.74) is 9.97. The van der Waals surface area contributed by atoms with Crippen LogP contribution in [0, 0.1) is 0 Å². The number of carboxylic acids is 1. The lowest BCUT2D eigenvalue weighted by molar-refractivity contribution is -0.154. The predicted molar refractivity (Wildman–Crippen MR) is 71.9 cm³/mol. The van der Waals surface area contributed by atoms with Gasteiger partial charge in [0.05, 0.1) is 12.2 Å². The van der Waals surface area contributed by atoms with Gasteiger partial charge in [-0.1, -0.05) is 0 Å². The van der Waals surface area contributed by atoms with Crippen LogP contribution >= 0.6 is 0 Å². The number of ether oxygens (including phenoxy) is 1. The van der Waals surface area contributed by atoms with Crippen molar-refractivity contribution in [2.24, 2.45) is 11.5 Å². The number of aliphatic hydroxyl groups excluding tert-OH is 3. The van der Waals surface area contributed by atoms with Crippen molar-refractivity contribution >= 4 is 18.4 Å². The molecule has 0 unspecified atom stereocenters. The van der Waals surface area contributed by atoms with Crippen LogP contribution in [0.25, 0.3) is 0 Å². The number of carboxylic acid groups (broad SMARTS) is 1. The third-order valence-electron chi connectivity index (χ3n) is 1.76. The fraction of sp³-hybridized carbons (Fsp3) is 0.727. The summed E-state index contributed by atoms with van der Waals surface area (Å²) in [6, 6.07) is -2.31. The van der Waals surface area contributed by atoms with Crippen molar-refractivity contribution in [1.82, 2.24) is 0 Å². The molecule has 126 valence electrons. The minimum Gasteiger partial charge on any atom is -0.480 e. The lowest BCUT2D eigenvalue weighted by atomic mass is 10.2. The van der Waals surface area contributed by atoms with Gasteiger partial charge >= 0.3 is 18.4 Å². The number of aliphatic carboxylic acids is 1. The number of rotatable bonds is 5. The van der Waals surface area contributed by atoms with Gasteiger partial charge in [-0.15, -0.1) is 0 Å². The van der Waals surface area contributed by atoms with E-state index in [-0.39, 0.29) is 13.1 Å². The summed E-state index contributed by atoms with van der Waals surface area (Å²) in [4.78, 5) is 29.9. The Morgan fingerprint density at radius 2 is 1.48 bits per heavy atom. The Labute approximate surface area is 122 Å². The van der Waals surface area contributed by atoms with E-state index < -0.39 is 36.2 Å².